The van der Waals surface area contributed by atoms with Crippen molar-refractivity contribution in [3.63, 3.8) is 0 Å². The zero-order valence-electron chi connectivity index (χ0n) is 9.47. The van der Waals surface area contributed by atoms with Crippen molar-refractivity contribution in [3.05, 3.63) is 22.3 Å². The number of alkyl halides is 2. The van der Waals surface area contributed by atoms with E-state index in [1.54, 1.807) is 0 Å². The van der Waals surface area contributed by atoms with Crippen LogP contribution in [0.3, 0.4) is 0 Å². The van der Waals surface area contributed by atoms with Gasteiger partial charge in [0.05, 0.1) is 12.5 Å². The third kappa shape index (κ3) is 1.62. The van der Waals surface area contributed by atoms with Crippen molar-refractivity contribution in [3.8, 4) is 0 Å². The molecule has 1 aliphatic rings. The minimum Gasteiger partial charge on any atom is -0.395 e. The number of anilines is 1. The fourth-order valence-corrected chi connectivity index (χ4v) is 1.93. The lowest BCUT2D eigenvalue weighted by atomic mass is 10.4. The van der Waals surface area contributed by atoms with Crippen LogP contribution in [0, 0.1) is 5.92 Å². The van der Waals surface area contributed by atoms with E-state index in [9.17, 15) is 13.6 Å². The molecular weight excluding hydrogens is 260 g/mol. The number of fused-ring (bicyclic) bond motifs is 1. The van der Waals surface area contributed by atoms with Crippen LogP contribution in [0.2, 0.25) is 0 Å². The van der Waals surface area contributed by atoms with Gasteiger partial charge in [0, 0.05) is 11.8 Å². The third-order valence-corrected chi connectivity index (χ3v) is 3.03. The van der Waals surface area contributed by atoms with Gasteiger partial charge in [-0.1, -0.05) is 0 Å². The van der Waals surface area contributed by atoms with Crippen LogP contribution in [0.5, 0.6) is 0 Å². The summed E-state index contributed by atoms with van der Waals surface area (Å²) < 4.78 is 27.7. The number of aliphatic hydroxyl groups is 1. The molecule has 1 fully saturated rings. The molecule has 1 saturated carbocycles. The Hall–Kier alpha value is -2.29. The average Bonchev–Trinajstić information content (AvgIpc) is 2.67. The van der Waals surface area contributed by atoms with E-state index in [-0.39, 0.29) is 22.7 Å². The Morgan fingerprint density at radius 3 is 3.00 bits per heavy atom. The standard InChI is InChI=1S/C10H9F2N5O2/c11-10(12)4(5(10)2-18)1-17-3-14-6-7(17)15-9(13)16-8(6)19/h1,3,5,18H,2H2,(H3,13,15,16,19)/b4-1-. The highest BCUT2D eigenvalue weighted by molar-refractivity contribution is 5.73. The molecule has 0 spiro atoms. The molecule has 3 rings (SSSR count). The third-order valence-electron chi connectivity index (χ3n) is 3.03. The molecule has 1 unspecified atom stereocenters. The second kappa shape index (κ2) is 3.60. The zero-order valence-corrected chi connectivity index (χ0v) is 9.47. The zero-order chi connectivity index (χ0) is 13.8. The molecule has 1 aliphatic carbocycles. The molecule has 7 nitrogen and oxygen atoms in total. The largest absolute Gasteiger partial charge is 0.395 e. The minimum atomic E-state index is -3.03. The fourth-order valence-electron chi connectivity index (χ4n) is 1.93. The first-order chi connectivity index (χ1) is 8.95. The Morgan fingerprint density at radius 2 is 2.37 bits per heavy atom. The number of halogens is 2. The highest BCUT2D eigenvalue weighted by atomic mass is 19.3. The molecule has 19 heavy (non-hydrogen) atoms. The first-order valence-corrected chi connectivity index (χ1v) is 5.38. The smallest absolute Gasteiger partial charge is 0.280 e. The van der Waals surface area contributed by atoms with E-state index in [1.807, 2.05) is 0 Å². The maximum atomic E-state index is 13.2. The number of aromatic nitrogens is 4. The van der Waals surface area contributed by atoms with Gasteiger partial charge in [0.25, 0.3) is 11.5 Å². The second-order valence-corrected chi connectivity index (χ2v) is 4.22. The molecule has 2 heterocycles. The number of hydrogen-bond acceptors (Lipinski definition) is 5. The topological polar surface area (TPSA) is 110 Å². The summed E-state index contributed by atoms with van der Waals surface area (Å²) in [7, 11) is 0. The normalized spacial score (nSPS) is 23.1. The molecule has 0 aromatic carbocycles. The monoisotopic (exact) mass is 269 g/mol. The van der Waals surface area contributed by atoms with Gasteiger partial charge in [0.1, 0.15) is 6.33 Å². The second-order valence-electron chi connectivity index (χ2n) is 4.22. The predicted molar refractivity (Wildman–Crippen MR) is 62.4 cm³/mol. The van der Waals surface area contributed by atoms with Crippen molar-refractivity contribution in [2.75, 3.05) is 12.3 Å². The summed E-state index contributed by atoms with van der Waals surface area (Å²) >= 11 is 0. The summed E-state index contributed by atoms with van der Waals surface area (Å²) in [5.74, 6) is -4.35. The number of nitrogens with zero attached hydrogens (tertiary/aromatic N) is 3. The summed E-state index contributed by atoms with van der Waals surface area (Å²) in [5, 5.41) is 8.81. The number of rotatable bonds is 2. The maximum absolute atomic E-state index is 13.2. The number of nitrogen functional groups attached to an aromatic ring is 1. The Balaban J connectivity index is 2.14. The molecule has 0 aliphatic heterocycles. The van der Waals surface area contributed by atoms with Crippen LogP contribution < -0.4 is 11.3 Å². The molecule has 1 atom stereocenters. The first-order valence-electron chi connectivity index (χ1n) is 5.38. The van der Waals surface area contributed by atoms with E-state index in [0.717, 1.165) is 6.20 Å². The van der Waals surface area contributed by atoms with Crippen LogP contribution >= 0.6 is 0 Å². The molecular formula is C10H9F2N5O2. The van der Waals surface area contributed by atoms with E-state index >= 15 is 0 Å². The number of hydrogen-bond donors (Lipinski definition) is 3. The lowest BCUT2D eigenvalue weighted by Gasteiger charge is -1.96. The molecule has 0 radical (unpaired) electrons. The molecule has 2 aromatic rings. The Kier molecular flexibility index (Phi) is 2.23. The Labute approximate surface area is 104 Å². The number of nitrogens with two attached hydrogens (primary N) is 1. The van der Waals surface area contributed by atoms with Crippen molar-refractivity contribution < 1.29 is 13.9 Å². The first kappa shape index (κ1) is 11.8. The van der Waals surface area contributed by atoms with Crippen molar-refractivity contribution in [2.45, 2.75) is 5.92 Å². The predicted octanol–water partition coefficient (Wildman–Crippen LogP) is -0.200. The van der Waals surface area contributed by atoms with Gasteiger partial charge in [-0.2, -0.15) is 4.98 Å². The molecule has 0 saturated heterocycles. The van der Waals surface area contributed by atoms with Gasteiger partial charge in [-0.3, -0.25) is 14.3 Å². The van der Waals surface area contributed by atoms with Gasteiger partial charge < -0.3 is 10.8 Å². The molecule has 100 valence electrons. The molecule has 0 amide bonds. The average molecular weight is 269 g/mol. The van der Waals surface area contributed by atoms with E-state index in [2.05, 4.69) is 15.0 Å². The summed E-state index contributed by atoms with van der Waals surface area (Å²) in [6.07, 6.45) is 2.31. The SMILES string of the molecule is Nc1nc2c(ncn2/C=C2/C(CO)C2(F)F)c(=O)[nH]1. The summed E-state index contributed by atoms with van der Waals surface area (Å²) in [6, 6.07) is 0. The van der Waals surface area contributed by atoms with Gasteiger partial charge in [-0.15, -0.1) is 0 Å². The van der Waals surface area contributed by atoms with Crippen molar-refractivity contribution in [1.82, 2.24) is 19.5 Å². The lowest BCUT2D eigenvalue weighted by Crippen LogP contribution is -2.11. The van der Waals surface area contributed by atoms with Gasteiger partial charge in [-0.05, 0) is 0 Å². The van der Waals surface area contributed by atoms with Crippen molar-refractivity contribution in [2.24, 2.45) is 5.92 Å². The lowest BCUT2D eigenvalue weighted by molar-refractivity contribution is 0.0890. The summed E-state index contributed by atoms with van der Waals surface area (Å²) in [4.78, 5) is 21.4. The molecule has 0 bridgehead atoms. The number of aliphatic hydroxyl groups excluding tert-OH is 1. The van der Waals surface area contributed by atoms with Crippen molar-refractivity contribution >= 4 is 23.3 Å². The van der Waals surface area contributed by atoms with Gasteiger partial charge >= 0.3 is 0 Å². The van der Waals surface area contributed by atoms with E-state index in [1.165, 1.54) is 10.9 Å². The van der Waals surface area contributed by atoms with E-state index in [4.69, 9.17) is 10.8 Å². The number of aromatic amines is 1. The van der Waals surface area contributed by atoms with Crippen LogP contribution in [0.25, 0.3) is 17.4 Å². The summed E-state index contributed by atoms with van der Waals surface area (Å²) in [5.41, 5.74) is 4.72. The highest BCUT2D eigenvalue weighted by Crippen LogP contribution is 2.54. The molecule has 2 aromatic heterocycles. The van der Waals surface area contributed by atoms with E-state index < -0.39 is 24.0 Å². The minimum absolute atomic E-state index is 0.00978. The maximum Gasteiger partial charge on any atom is 0.280 e. The van der Waals surface area contributed by atoms with Crippen LogP contribution in [0.15, 0.2) is 16.7 Å². The fraction of sp³-hybridized carbons (Fsp3) is 0.300. The van der Waals surface area contributed by atoms with Crippen molar-refractivity contribution in [1.29, 1.82) is 0 Å². The number of H-pyrrole nitrogens is 1. The van der Waals surface area contributed by atoms with Crippen LogP contribution in [0.4, 0.5) is 14.7 Å². The van der Waals surface area contributed by atoms with E-state index in [0.29, 0.717) is 0 Å². The van der Waals surface area contributed by atoms with Gasteiger partial charge in [0.15, 0.2) is 11.2 Å². The quantitative estimate of drug-likeness (QED) is 0.699. The summed E-state index contributed by atoms with van der Waals surface area (Å²) in [6.45, 7) is -0.637. The molecule has 4 N–H and O–H groups in total. The Bertz CT molecular complexity index is 748. The van der Waals surface area contributed by atoms with Crippen LogP contribution in [0.1, 0.15) is 0 Å². The molecule has 9 heteroatoms. The van der Waals surface area contributed by atoms with Gasteiger partial charge in [-0.25, -0.2) is 13.8 Å². The number of nitrogens with one attached hydrogen (secondary N) is 1. The van der Waals surface area contributed by atoms with Crippen LogP contribution in [-0.2, 0) is 0 Å². The van der Waals surface area contributed by atoms with Gasteiger partial charge in [0.2, 0.25) is 5.95 Å². The number of imidazole rings is 1. The Morgan fingerprint density at radius 1 is 1.63 bits per heavy atom. The highest BCUT2D eigenvalue weighted by Gasteiger charge is 2.63. The van der Waals surface area contributed by atoms with Crippen LogP contribution in [-0.4, -0.2) is 37.2 Å².